The summed E-state index contributed by atoms with van der Waals surface area (Å²) in [4.78, 5) is 4.15. The van der Waals surface area contributed by atoms with Gasteiger partial charge in [0.25, 0.3) is 0 Å². The summed E-state index contributed by atoms with van der Waals surface area (Å²) in [5, 5.41) is 1.07. The van der Waals surface area contributed by atoms with Crippen molar-refractivity contribution in [3.63, 3.8) is 0 Å². The fraction of sp³-hybridized carbons (Fsp3) is 0.125. The molecular weight excluding hydrogens is 126 g/mol. The van der Waals surface area contributed by atoms with Crippen LogP contribution in [-0.2, 0) is 0 Å². The van der Waals surface area contributed by atoms with Crippen molar-refractivity contribution in [3.8, 4) is 0 Å². The van der Waals surface area contributed by atoms with E-state index >= 15 is 0 Å². The van der Waals surface area contributed by atoms with Crippen LogP contribution in [0.2, 0.25) is 0 Å². The molecule has 2 rings (SSSR count). The summed E-state index contributed by atoms with van der Waals surface area (Å²) in [6.45, 7) is 2.01. The van der Waals surface area contributed by atoms with Crippen LogP contribution in [0.25, 0.3) is 10.9 Å². The van der Waals surface area contributed by atoms with E-state index in [0.717, 1.165) is 16.5 Å². The summed E-state index contributed by atoms with van der Waals surface area (Å²) in [7, 11) is 0. The van der Waals surface area contributed by atoms with Crippen molar-refractivity contribution in [2.24, 2.45) is 0 Å². The van der Waals surface area contributed by atoms with Gasteiger partial charge in [-0.1, -0.05) is 0 Å². The molecule has 2 heterocycles. The van der Waals surface area contributed by atoms with Gasteiger partial charge in [-0.25, -0.2) is 0 Å². The minimum absolute atomic E-state index is 0.922. The number of pyridine rings is 1. The highest BCUT2D eigenvalue weighted by atomic mass is 16.3. The highest BCUT2D eigenvalue weighted by molar-refractivity contribution is 5.76. The second kappa shape index (κ2) is 1.84. The number of rotatable bonds is 0. The predicted molar refractivity (Wildman–Crippen MR) is 38.7 cm³/mol. The van der Waals surface area contributed by atoms with Crippen molar-refractivity contribution in [1.82, 2.24) is 4.98 Å². The van der Waals surface area contributed by atoms with Gasteiger partial charge in [0.2, 0.25) is 0 Å². The topological polar surface area (TPSA) is 26.0 Å². The number of fused-ring (bicyclic) bond motifs is 1. The molecule has 2 aromatic heterocycles. The predicted octanol–water partition coefficient (Wildman–Crippen LogP) is 2.14. The van der Waals surface area contributed by atoms with Gasteiger partial charge in [-0.2, -0.15) is 0 Å². The summed E-state index contributed by atoms with van der Waals surface area (Å²) in [5.41, 5.74) is 2.08. The zero-order valence-corrected chi connectivity index (χ0v) is 5.66. The molecular formula is C8H7NO. The smallest absolute Gasteiger partial charge is 0.117 e. The lowest BCUT2D eigenvalue weighted by Gasteiger charge is -1.87. The van der Waals surface area contributed by atoms with Gasteiger partial charge in [0.1, 0.15) is 11.8 Å². The Morgan fingerprint density at radius 3 is 3.20 bits per heavy atom. The Balaban J connectivity index is 2.86. The van der Waals surface area contributed by atoms with Gasteiger partial charge >= 0.3 is 0 Å². The molecule has 0 radical (unpaired) electrons. The molecule has 0 aromatic carbocycles. The number of hydrogen-bond acceptors (Lipinski definition) is 2. The molecule has 0 fully saturated rings. The van der Waals surface area contributed by atoms with Crippen LogP contribution in [0, 0.1) is 6.92 Å². The zero-order valence-electron chi connectivity index (χ0n) is 5.66. The van der Waals surface area contributed by atoms with Gasteiger partial charge in [-0.15, -0.1) is 0 Å². The molecule has 0 aliphatic rings. The molecule has 0 spiro atoms. The van der Waals surface area contributed by atoms with E-state index in [1.54, 1.807) is 12.5 Å². The molecule has 0 unspecified atom stereocenters. The lowest BCUT2D eigenvalue weighted by atomic mass is 10.2. The van der Waals surface area contributed by atoms with Gasteiger partial charge in [-0.3, -0.25) is 4.98 Å². The first-order valence-corrected chi connectivity index (χ1v) is 3.15. The van der Waals surface area contributed by atoms with Crippen LogP contribution in [0.15, 0.2) is 29.2 Å². The standard InChI is InChI=1S/C8H7NO/c1-6-2-7-4-10-5-8(7)9-3-6/h2-5H,1H3. The molecule has 0 saturated carbocycles. The van der Waals surface area contributed by atoms with Crippen molar-refractivity contribution >= 4 is 10.9 Å². The van der Waals surface area contributed by atoms with E-state index in [1.807, 2.05) is 19.2 Å². The molecule has 10 heavy (non-hydrogen) atoms. The number of aromatic nitrogens is 1. The summed E-state index contributed by atoms with van der Waals surface area (Å²) in [6, 6.07) is 2.05. The van der Waals surface area contributed by atoms with E-state index in [1.165, 1.54) is 0 Å². The Bertz CT molecular complexity index is 351. The Kier molecular flexibility index (Phi) is 1.01. The monoisotopic (exact) mass is 133 g/mol. The number of aryl methyl sites for hydroxylation is 1. The van der Waals surface area contributed by atoms with E-state index < -0.39 is 0 Å². The summed E-state index contributed by atoms with van der Waals surface area (Å²) >= 11 is 0. The maximum atomic E-state index is 4.96. The summed E-state index contributed by atoms with van der Waals surface area (Å²) < 4.78 is 4.96. The largest absolute Gasteiger partial charge is 0.470 e. The Labute approximate surface area is 58.5 Å². The molecule has 2 aromatic rings. The molecule has 0 bridgehead atoms. The normalized spacial score (nSPS) is 10.5. The average Bonchev–Trinajstić information content (AvgIpc) is 2.33. The molecule has 2 heteroatoms. The van der Waals surface area contributed by atoms with E-state index in [0.29, 0.717) is 0 Å². The van der Waals surface area contributed by atoms with Gasteiger partial charge in [0.05, 0.1) is 6.26 Å². The highest BCUT2D eigenvalue weighted by Crippen LogP contribution is 2.12. The third-order valence-electron chi connectivity index (χ3n) is 1.46. The highest BCUT2D eigenvalue weighted by Gasteiger charge is 1.94. The van der Waals surface area contributed by atoms with Crippen molar-refractivity contribution in [2.45, 2.75) is 6.92 Å². The van der Waals surface area contributed by atoms with Crippen molar-refractivity contribution in [1.29, 1.82) is 0 Å². The Hall–Kier alpha value is -1.31. The molecule has 0 N–H and O–H groups in total. The minimum Gasteiger partial charge on any atom is -0.470 e. The lowest BCUT2D eigenvalue weighted by molar-refractivity contribution is 0.572. The van der Waals surface area contributed by atoms with Crippen LogP contribution in [0.3, 0.4) is 0 Å². The molecule has 50 valence electrons. The van der Waals surface area contributed by atoms with Gasteiger partial charge in [0.15, 0.2) is 0 Å². The Morgan fingerprint density at radius 1 is 1.40 bits per heavy atom. The number of hydrogen-bond donors (Lipinski definition) is 0. The fourth-order valence-corrected chi connectivity index (χ4v) is 0.967. The van der Waals surface area contributed by atoms with E-state index in [2.05, 4.69) is 4.98 Å². The van der Waals surface area contributed by atoms with Gasteiger partial charge in [0, 0.05) is 11.6 Å². The fourth-order valence-electron chi connectivity index (χ4n) is 0.967. The molecule has 0 amide bonds. The summed E-state index contributed by atoms with van der Waals surface area (Å²) in [5.74, 6) is 0. The molecule has 2 nitrogen and oxygen atoms in total. The third kappa shape index (κ3) is 0.692. The van der Waals surface area contributed by atoms with Crippen LogP contribution in [0.5, 0.6) is 0 Å². The van der Waals surface area contributed by atoms with Crippen molar-refractivity contribution in [2.75, 3.05) is 0 Å². The van der Waals surface area contributed by atoms with Gasteiger partial charge < -0.3 is 4.42 Å². The number of nitrogens with zero attached hydrogens (tertiary/aromatic N) is 1. The molecule has 0 atom stereocenters. The van der Waals surface area contributed by atoms with Crippen LogP contribution < -0.4 is 0 Å². The maximum absolute atomic E-state index is 4.96. The first kappa shape index (κ1) is 5.47. The minimum atomic E-state index is 0.922. The first-order chi connectivity index (χ1) is 4.86. The van der Waals surface area contributed by atoms with Gasteiger partial charge in [-0.05, 0) is 18.6 Å². The third-order valence-corrected chi connectivity index (χ3v) is 1.46. The summed E-state index contributed by atoms with van der Waals surface area (Å²) in [6.07, 6.45) is 5.18. The Morgan fingerprint density at radius 2 is 2.30 bits per heavy atom. The van der Waals surface area contributed by atoms with Crippen molar-refractivity contribution in [3.05, 3.63) is 30.4 Å². The SMILES string of the molecule is Cc1cnc2cocc2c1. The van der Waals surface area contributed by atoms with Crippen molar-refractivity contribution < 1.29 is 4.42 Å². The zero-order chi connectivity index (χ0) is 6.97. The maximum Gasteiger partial charge on any atom is 0.117 e. The first-order valence-electron chi connectivity index (χ1n) is 3.15. The van der Waals surface area contributed by atoms with E-state index in [-0.39, 0.29) is 0 Å². The van der Waals surface area contributed by atoms with Crippen LogP contribution in [0.1, 0.15) is 5.56 Å². The van der Waals surface area contributed by atoms with E-state index in [4.69, 9.17) is 4.42 Å². The molecule has 0 aliphatic heterocycles. The lowest BCUT2D eigenvalue weighted by Crippen LogP contribution is -1.74. The quantitative estimate of drug-likeness (QED) is 0.550. The second-order valence-corrected chi connectivity index (χ2v) is 2.36. The van der Waals surface area contributed by atoms with Crippen LogP contribution in [-0.4, -0.2) is 4.98 Å². The average molecular weight is 133 g/mol. The molecule has 0 aliphatic carbocycles. The second-order valence-electron chi connectivity index (χ2n) is 2.36. The van der Waals surface area contributed by atoms with E-state index in [9.17, 15) is 0 Å². The van der Waals surface area contributed by atoms with Crippen LogP contribution in [0.4, 0.5) is 0 Å². The molecule has 0 saturated heterocycles. The number of furan rings is 1. The van der Waals surface area contributed by atoms with Crippen LogP contribution >= 0.6 is 0 Å².